The molecule has 1 aromatic rings. The van der Waals surface area contributed by atoms with Crippen LogP contribution in [0.1, 0.15) is 60.4 Å². The third kappa shape index (κ3) is 4.09. The highest BCUT2D eigenvalue weighted by atomic mass is 16.4. The molecule has 1 aromatic heterocycles. The normalized spacial score (nSPS) is 15.9. The Morgan fingerprint density at radius 2 is 2.00 bits per heavy atom. The molecule has 0 aliphatic heterocycles. The average Bonchev–Trinajstić information content (AvgIpc) is 2.80. The lowest BCUT2D eigenvalue weighted by molar-refractivity contribution is -0.131. The van der Waals surface area contributed by atoms with E-state index in [9.17, 15) is 9.59 Å². The topological polar surface area (TPSA) is 70.8 Å². The Morgan fingerprint density at radius 3 is 2.57 bits per heavy atom. The molecule has 1 amide bonds. The molecule has 1 fully saturated rings. The molecule has 0 aromatic carbocycles. The first-order chi connectivity index (χ1) is 9.97. The van der Waals surface area contributed by atoms with Crippen LogP contribution in [0, 0.1) is 12.8 Å². The van der Waals surface area contributed by atoms with Gasteiger partial charge in [-0.05, 0) is 31.7 Å². The zero-order chi connectivity index (χ0) is 15.4. The van der Waals surface area contributed by atoms with E-state index >= 15 is 0 Å². The van der Waals surface area contributed by atoms with Crippen LogP contribution in [0.2, 0.25) is 0 Å². The van der Waals surface area contributed by atoms with Gasteiger partial charge in [-0.15, -0.1) is 0 Å². The fourth-order valence-corrected chi connectivity index (χ4v) is 2.95. The average molecular weight is 293 g/mol. The number of nitrogens with zero attached hydrogens (tertiary/aromatic N) is 1. The maximum atomic E-state index is 12.2. The molecule has 1 aliphatic rings. The molecule has 0 unspecified atom stereocenters. The van der Waals surface area contributed by atoms with E-state index in [-0.39, 0.29) is 11.5 Å². The van der Waals surface area contributed by atoms with E-state index < -0.39 is 5.97 Å². The Balaban J connectivity index is 1.90. The van der Waals surface area contributed by atoms with Gasteiger partial charge in [-0.25, -0.2) is 4.79 Å². The number of carbonyl (C=O) groups excluding carboxylic acids is 1. The number of aromatic carboxylic acids is 1. The Kier molecular flexibility index (Phi) is 5.04. The van der Waals surface area contributed by atoms with Gasteiger partial charge in [0.1, 0.15) is 17.1 Å². The molecular weight excluding hydrogens is 270 g/mol. The molecule has 0 saturated heterocycles. The molecule has 0 atom stereocenters. The van der Waals surface area contributed by atoms with Crippen molar-refractivity contribution in [1.29, 1.82) is 0 Å². The van der Waals surface area contributed by atoms with Crippen LogP contribution in [0.4, 0.5) is 0 Å². The summed E-state index contributed by atoms with van der Waals surface area (Å²) in [6, 6.07) is 1.50. The summed E-state index contributed by atoms with van der Waals surface area (Å²) < 4.78 is 5.41. The van der Waals surface area contributed by atoms with Gasteiger partial charge in [0.25, 0.3) is 0 Å². The second kappa shape index (κ2) is 6.78. The van der Waals surface area contributed by atoms with Gasteiger partial charge in [-0.1, -0.05) is 19.3 Å². The predicted molar refractivity (Wildman–Crippen MR) is 78.1 cm³/mol. The maximum absolute atomic E-state index is 12.2. The van der Waals surface area contributed by atoms with E-state index in [1.54, 1.807) is 18.9 Å². The van der Waals surface area contributed by atoms with Gasteiger partial charge in [0.15, 0.2) is 0 Å². The van der Waals surface area contributed by atoms with E-state index in [0.717, 1.165) is 12.8 Å². The van der Waals surface area contributed by atoms with Crippen molar-refractivity contribution >= 4 is 11.9 Å². The molecule has 2 rings (SSSR count). The van der Waals surface area contributed by atoms with Crippen LogP contribution in [-0.4, -0.2) is 28.9 Å². The summed E-state index contributed by atoms with van der Waals surface area (Å²) in [5.41, 5.74) is 0.165. The third-order valence-corrected chi connectivity index (χ3v) is 4.21. The number of furan rings is 1. The number of rotatable bonds is 5. The number of carboxylic acids is 1. The lowest BCUT2D eigenvalue weighted by atomic mass is 9.87. The number of hydrogen-bond acceptors (Lipinski definition) is 3. The van der Waals surface area contributed by atoms with Crippen molar-refractivity contribution in [2.24, 2.45) is 5.92 Å². The van der Waals surface area contributed by atoms with Crippen molar-refractivity contribution in [1.82, 2.24) is 4.90 Å². The van der Waals surface area contributed by atoms with Crippen LogP contribution in [0.5, 0.6) is 0 Å². The van der Waals surface area contributed by atoms with Gasteiger partial charge in [0, 0.05) is 13.5 Å². The monoisotopic (exact) mass is 293 g/mol. The molecule has 5 heteroatoms. The summed E-state index contributed by atoms with van der Waals surface area (Å²) >= 11 is 0. The molecule has 1 saturated carbocycles. The Bertz CT molecular complexity index is 514. The van der Waals surface area contributed by atoms with Crippen molar-refractivity contribution in [2.45, 2.75) is 52.0 Å². The van der Waals surface area contributed by atoms with E-state index in [0.29, 0.717) is 30.4 Å². The first-order valence-electron chi connectivity index (χ1n) is 7.54. The van der Waals surface area contributed by atoms with Crippen molar-refractivity contribution in [3.05, 3.63) is 23.2 Å². The number of carboxylic acid groups (broad SMARTS) is 1. The first-order valence-corrected chi connectivity index (χ1v) is 7.54. The molecule has 5 nitrogen and oxygen atoms in total. The van der Waals surface area contributed by atoms with Crippen molar-refractivity contribution in [3.63, 3.8) is 0 Å². The molecule has 0 radical (unpaired) electrons. The number of aryl methyl sites for hydroxylation is 1. The largest absolute Gasteiger partial charge is 0.478 e. The van der Waals surface area contributed by atoms with Gasteiger partial charge < -0.3 is 14.4 Å². The number of hydrogen-bond donors (Lipinski definition) is 1. The highest BCUT2D eigenvalue weighted by Gasteiger charge is 2.21. The van der Waals surface area contributed by atoms with Crippen LogP contribution in [-0.2, 0) is 11.3 Å². The summed E-state index contributed by atoms with van der Waals surface area (Å²) in [7, 11) is 1.74. The van der Waals surface area contributed by atoms with Gasteiger partial charge in [0.05, 0.1) is 6.54 Å². The SMILES string of the molecule is Cc1oc(CN(C)C(=O)CC2CCCCC2)cc1C(=O)O. The molecule has 1 N–H and O–H groups in total. The minimum Gasteiger partial charge on any atom is -0.478 e. The minimum absolute atomic E-state index is 0.104. The fraction of sp³-hybridized carbons (Fsp3) is 0.625. The number of amides is 1. The smallest absolute Gasteiger partial charge is 0.339 e. The molecule has 0 spiro atoms. The van der Waals surface area contributed by atoms with Crippen molar-refractivity contribution in [2.75, 3.05) is 7.05 Å². The Morgan fingerprint density at radius 1 is 1.33 bits per heavy atom. The summed E-state index contributed by atoms with van der Waals surface area (Å²) in [5, 5.41) is 9.00. The van der Waals surface area contributed by atoms with Crippen LogP contribution in [0.15, 0.2) is 10.5 Å². The summed E-state index contributed by atoms with van der Waals surface area (Å²) in [5.74, 6) is 0.503. The zero-order valence-corrected chi connectivity index (χ0v) is 12.7. The van der Waals surface area contributed by atoms with Crippen LogP contribution in [0.3, 0.4) is 0 Å². The summed E-state index contributed by atoms with van der Waals surface area (Å²) in [6.07, 6.45) is 6.60. The highest BCUT2D eigenvalue weighted by Crippen LogP contribution is 2.27. The Labute approximate surface area is 124 Å². The molecule has 1 aliphatic carbocycles. The van der Waals surface area contributed by atoms with Gasteiger partial charge in [0.2, 0.25) is 5.91 Å². The molecule has 21 heavy (non-hydrogen) atoms. The molecule has 0 bridgehead atoms. The second-order valence-electron chi connectivity index (χ2n) is 5.95. The van der Waals surface area contributed by atoms with Crippen LogP contribution < -0.4 is 0 Å². The first kappa shape index (κ1) is 15.6. The van der Waals surface area contributed by atoms with Gasteiger partial charge in [-0.3, -0.25) is 4.79 Å². The Hall–Kier alpha value is -1.78. The lowest BCUT2D eigenvalue weighted by Gasteiger charge is -2.23. The highest BCUT2D eigenvalue weighted by molar-refractivity contribution is 5.88. The second-order valence-corrected chi connectivity index (χ2v) is 5.95. The standard InChI is InChI=1S/C16H23NO4/c1-11-14(16(19)20)9-13(21-11)10-17(2)15(18)8-12-6-4-3-5-7-12/h9,12H,3-8,10H2,1-2H3,(H,19,20). The van der Waals surface area contributed by atoms with Crippen LogP contribution in [0.25, 0.3) is 0 Å². The third-order valence-electron chi connectivity index (χ3n) is 4.21. The summed E-state index contributed by atoms with van der Waals surface area (Å²) in [4.78, 5) is 24.8. The van der Waals surface area contributed by atoms with Crippen molar-refractivity contribution < 1.29 is 19.1 Å². The van der Waals surface area contributed by atoms with Gasteiger partial charge >= 0.3 is 5.97 Å². The lowest BCUT2D eigenvalue weighted by Crippen LogP contribution is -2.28. The van der Waals surface area contributed by atoms with Crippen LogP contribution >= 0.6 is 0 Å². The molecule has 1 heterocycles. The van der Waals surface area contributed by atoms with E-state index in [1.807, 2.05) is 0 Å². The van der Waals surface area contributed by atoms with Gasteiger partial charge in [-0.2, -0.15) is 0 Å². The summed E-state index contributed by atoms with van der Waals surface area (Å²) in [6.45, 7) is 1.94. The molecular formula is C16H23NO4. The zero-order valence-electron chi connectivity index (χ0n) is 12.7. The van der Waals surface area contributed by atoms with E-state index in [2.05, 4.69) is 0 Å². The predicted octanol–water partition coefficient (Wildman–Crippen LogP) is 3.22. The fourth-order valence-electron chi connectivity index (χ4n) is 2.95. The van der Waals surface area contributed by atoms with Crippen molar-refractivity contribution in [3.8, 4) is 0 Å². The van der Waals surface area contributed by atoms with E-state index in [4.69, 9.17) is 9.52 Å². The molecule has 116 valence electrons. The quantitative estimate of drug-likeness (QED) is 0.905. The minimum atomic E-state index is -1.00. The maximum Gasteiger partial charge on any atom is 0.339 e. The number of carbonyl (C=O) groups is 2. The van der Waals surface area contributed by atoms with E-state index in [1.165, 1.54) is 25.3 Å².